The Bertz CT molecular complexity index is 4220. The van der Waals surface area contributed by atoms with Crippen LogP contribution in [0.15, 0.2) is 204 Å². The van der Waals surface area contributed by atoms with Gasteiger partial charge in [-0.1, -0.05) is 148 Å². The molecule has 0 atom stereocenters. The maximum Gasteiger partial charge on any atom is 0.269 e. The molecule has 0 aliphatic heterocycles. The molecule has 0 unspecified atom stereocenters. The van der Waals surface area contributed by atoms with Crippen LogP contribution in [0.25, 0.3) is 94.2 Å². The molecule has 0 amide bonds. The van der Waals surface area contributed by atoms with Crippen LogP contribution in [0, 0.1) is 6.33 Å². The van der Waals surface area contributed by atoms with Gasteiger partial charge in [0, 0.05) is 33.8 Å². The summed E-state index contributed by atoms with van der Waals surface area (Å²) in [5, 5.41) is 4.05. The van der Waals surface area contributed by atoms with E-state index in [0.717, 1.165) is 55.1 Å². The molecule has 0 saturated heterocycles. The molecule has 0 fully saturated rings. The van der Waals surface area contributed by atoms with E-state index in [-0.39, 0.29) is 33.4 Å². The third-order valence-electron chi connectivity index (χ3n) is 11.8. The van der Waals surface area contributed by atoms with Crippen LogP contribution in [-0.2, 0) is 5.41 Å². The number of furan rings is 1. The molecule has 0 aliphatic rings. The van der Waals surface area contributed by atoms with Crippen LogP contribution < -0.4 is 9.30 Å². The molecule has 0 bridgehead atoms. The smallest absolute Gasteiger partial charge is 0.269 e. The summed E-state index contributed by atoms with van der Waals surface area (Å²) in [6.07, 6.45) is 5.30. The first-order valence-corrected chi connectivity index (χ1v) is 20.9. The SMILES string of the molecule is [2H]c1c([2H])c([2H])c(-c2cccc(-c3c([2H])c([2H])c([2H])c([2H])c3[2H])c2-[n+]2[c-]n(-c3cccc(Oc4ccc5c6c7c(ccc6n(-c6cc(C(C)(C)C)ccn6)c5c4)oc4ccccc47)c3)c3ccccc32)c([2H])c1[2H]. The number of rotatable bonds is 7. The van der Waals surface area contributed by atoms with Crippen molar-refractivity contribution < 1.29 is 27.4 Å². The first-order chi connectivity index (χ1) is 35.5. The molecule has 4 heterocycles. The normalized spacial score (nSPS) is 14.2. The lowest BCUT2D eigenvalue weighted by Gasteiger charge is -2.20. The van der Waals surface area contributed by atoms with Gasteiger partial charge < -0.3 is 9.15 Å². The number of aromatic nitrogens is 4. The number of hydrogen-bond donors (Lipinski definition) is 0. The second-order valence-corrected chi connectivity index (χ2v) is 16.7. The Morgan fingerprint density at radius 2 is 1.33 bits per heavy atom. The van der Waals surface area contributed by atoms with Gasteiger partial charge in [0.05, 0.1) is 47.1 Å². The number of benzene rings is 8. The van der Waals surface area contributed by atoms with Crippen LogP contribution in [0.1, 0.15) is 40.0 Å². The van der Waals surface area contributed by atoms with Gasteiger partial charge in [0.15, 0.2) is 0 Å². The molecule has 4 aromatic heterocycles. The fourth-order valence-corrected chi connectivity index (χ4v) is 8.82. The highest BCUT2D eigenvalue weighted by Gasteiger charge is 2.23. The maximum atomic E-state index is 9.04. The van der Waals surface area contributed by atoms with Crippen molar-refractivity contribution in [2.45, 2.75) is 26.2 Å². The fourth-order valence-electron chi connectivity index (χ4n) is 8.82. The van der Waals surface area contributed by atoms with Crippen molar-refractivity contribution in [3.05, 3.63) is 212 Å². The molecule has 6 heteroatoms. The van der Waals surface area contributed by atoms with Crippen LogP contribution in [0.5, 0.6) is 11.5 Å². The van der Waals surface area contributed by atoms with Crippen molar-refractivity contribution in [1.82, 2.24) is 14.1 Å². The minimum absolute atomic E-state index is 0.133. The monoisotopic (exact) mass is 836 g/mol. The Kier molecular flexibility index (Phi) is 6.53. The third-order valence-corrected chi connectivity index (χ3v) is 11.8. The van der Waals surface area contributed by atoms with Gasteiger partial charge >= 0.3 is 0 Å². The first-order valence-electron chi connectivity index (χ1n) is 25.9. The Morgan fingerprint density at radius 1 is 0.609 bits per heavy atom. The maximum absolute atomic E-state index is 9.04. The number of para-hydroxylation sites is 4. The van der Waals surface area contributed by atoms with Gasteiger partial charge in [-0.3, -0.25) is 13.7 Å². The number of nitrogens with zero attached hydrogens (tertiary/aromatic N) is 4. The van der Waals surface area contributed by atoms with Crippen LogP contribution >= 0.6 is 0 Å². The van der Waals surface area contributed by atoms with Crippen molar-refractivity contribution in [3.8, 4) is 50.9 Å². The molecule has 0 saturated carbocycles. The summed E-state index contributed by atoms with van der Waals surface area (Å²) in [6, 6.07) is 36.7. The van der Waals surface area contributed by atoms with E-state index >= 15 is 0 Å². The van der Waals surface area contributed by atoms with E-state index < -0.39 is 60.4 Å². The number of imidazole rings is 1. The topological polar surface area (TPSA) is 49.0 Å². The molecule has 64 heavy (non-hydrogen) atoms. The van der Waals surface area contributed by atoms with Crippen molar-refractivity contribution in [2.75, 3.05) is 0 Å². The van der Waals surface area contributed by atoms with E-state index in [0.29, 0.717) is 28.2 Å². The van der Waals surface area contributed by atoms with E-state index in [1.54, 1.807) is 27.3 Å². The van der Waals surface area contributed by atoms with Crippen molar-refractivity contribution in [3.63, 3.8) is 0 Å². The van der Waals surface area contributed by atoms with Crippen LogP contribution in [0.3, 0.4) is 0 Å². The summed E-state index contributed by atoms with van der Waals surface area (Å²) in [6.45, 7) is 6.54. The molecular formula is C58H42N4O2. The Morgan fingerprint density at radius 3 is 2.11 bits per heavy atom. The van der Waals surface area contributed by atoms with E-state index in [4.69, 9.17) is 27.8 Å². The van der Waals surface area contributed by atoms with Gasteiger partial charge in [0.2, 0.25) is 0 Å². The van der Waals surface area contributed by atoms with Gasteiger partial charge in [-0.25, -0.2) is 4.98 Å². The number of pyridine rings is 1. The predicted octanol–water partition coefficient (Wildman–Crippen LogP) is 14.5. The standard InChI is InChI=1S/C58H42N4O2/c1-58(2,3)40-32-33-59-54(34-40)62-50-30-31-53-56(47-22-10-13-27-52(47)64-53)55(50)46-29-28-43(36-51(46)62)63-42-21-14-20-41(35-42)60-37-61(49-26-12-11-25-48(49)60)57-44(38-16-6-4-7-17-38)23-15-24-45(57)39-18-8-5-9-19-39/h4-36H,1-3H3/i4D,5D,6D,7D,8D,9D,16D,17D,18D,19D. The molecule has 306 valence electrons. The van der Waals surface area contributed by atoms with E-state index in [2.05, 4.69) is 55.9 Å². The lowest BCUT2D eigenvalue weighted by molar-refractivity contribution is -0.571. The number of ether oxygens (including phenoxy) is 1. The van der Waals surface area contributed by atoms with E-state index in [9.17, 15) is 0 Å². The third kappa shape index (κ3) is 6.17. The highest BCUT2D eigenvalue weighted by molar-refractivity contribution is 6.27. The largest absolute Gasteiger partial charge is 0.458 e. The van der Waals surface area contributed by atoms with E-state index in [1.165, 1.54) is 0 Å². The molecule has 0 spiro atoms. The molecule has 0 N–H and O–H groups in total. The van der Waals surface area contributed by atoms with Gasteiger partial charge in [-0.05, 0) is 93.9 Å². The van der Waals surface area contributed by atoms with Crippen LogP contribution in [0.4, 0.5) is 0 Å². The molecule has 0 radical (unpaired) electrons. The zero-order chi connectivity index (χ0) is 51.6. The average Bonchev–Trinajstić information content (AvgIpc) is 4.08. The number of fused-ring (bicyclic) bond motifs is 8. The zero-order valence-electron chi connectivity index (χ0n) is 44.9. The van der Waals surface area contributed by atoms with Crippen LogP contribution in [-0.4, -0.2) is 14.1 Å². The average molecular weight is 837 g/mol. The minimum Gasteiger partial charge on any atom is -0.458 e. The van der Waals surface area contributed by atoms with E-state index in [1.807, 2.05) is 97.2 Å². The quantitative estimate of drug-likeness (QED) is 0.119. The molecule has 12 aromatic rings. The van der Waals surface area contributed by atoms with Crippen LogP contribution in [0.2, 0.25) is 0 Å². The number of hydrogen-bond acceptors (Lipinski definition) is 3. The minimum atomic E-state index is -0.570. The van der Waals surface area contributed by atoms with Crippen molar-refractivity contribution >= 4 is 54.8 Å². The second-order valence-electron chi connectivity index (χ2n) is 16.7. The summed E-state index contributed by atoms with van der Waals surface area (Å²) in [4.78, 5) is 4.92. The molecular weight excluding hydrogens is 785 g/mol. The van der Waals surface area contributed by atoms with Gasteiger partial charge in [-0.15, -0.1) is 0 Å². The highest BCUT2D eigenvalue weighted by Crippen LogP contribution is 2.43. The molecule has 0 aliphatic carbocycles. The highest BCUT2D eigenvalue weighted by atomic mass is 16.5. The summed E-state index contributed by atoms with van der Waals surface area (Å²) in [7, 11) is 0. The lowest BCUT2D eigenvalue weighted by atomic mass is 9.88. The fraction of sp³-hybridized carbons (Fsp3) is 0.0690. The first kappa shape index (κ1) is 28.4. The van der Waals surface area contributed by atoms with Gasteiger partial charge in [-0.2, -0.15) is 0 Å². The Hall–Kier alpha value is -8.22. The summed E-state index contributed by atoms with van der Waals surface area (Å²) in [5.74, 6) is 1.82. The lowest BCUT2D eigenvalue weighted by Crippen LogP contribution is -2.31. The Balaban J connectivity index is 1.04. The van der Waals surface area contributed by atoms with Crippen molar-refractivity contribution in [2.24, 2.45) is 0 Å². The second kappa shape index (κ2) is 14.7. The predicted molar refractivity (Wildman–Crippen MR) is 259 cm³/mol. The summed E-state index contributed by atoms with van der Waals surface area (Å²) in [5.41, 5.74) is 6.45. The zero-order valence-corrected chi connectivity index (χ0v) is 34.9. The molecule has 8 aromatic carbocycles. The molecule has 6 nitrogen and oxygen atoms in total. The van der Waals surface area contributed by atoms with Gasteiger partial charge in [0.25, 0.3) is 6.33 Å². The Labute approximate surface area is 384 Å². The van der Waals surface area contributed by atoms with Gasteiger partial charge in [0.1, 0.15) is 28.5 Å². The summed E-state index contributed by atoms with van der Waals surface area (Å²) >= 11 is 0. The molecule has 12 rings (SSSR count). The summed E-state index contributed by atoms with van der Waals surface area (Å²) < 4.78 is 106. The van der Waals surface area contributed by atoms with Crippen molar-refractivity contribution in [1.29, 1.82) is 0 Å².